The highest BCUT2D eigenvalue weighted by molar-refractivity contribution is 7.89. The Morgan fingerprint density at radius 1 is 1.06 bits per heavy atom. The van der Waals surface area contributed by atoms with Crippen molar-refractivity contribution in [1.82, 2.24) is 19.2 Å². The number of fused-ring (bicyclic) bond motifs is 1. The summed E-state index contributed by atoms with van der Waals surface area (Å²) in [5.74, 6) is 0.490. The van der Waals surface area contributed by atoms with E-state index in [2.05, 4.69) is 10.3 Å². The molecule has 0 radical (unpaired) electrons. The minimum atomic E-state index is -3.54. The lowest BCUT2D eigenvalue weighted by Crippen LogP contribution is -2.40. The zero-order valence-corrected chi connectivity index (χ0v) is 20.2. The van der Waals surface area contributed by atoms with Crippen molar-refractivity contribution >= 4 is 26.8 Å². The summed E-state index contributed by atoms with van der Waals surface area (Å²) in [5, 5.41) is 3.48. The number of aromatic nitrogens is 2. The second-order valence-corrected chi connectivity index (χ2v) is 10.8. The van der Waals surface area contributed by atoms with E-state index in [4.69, 9.17) is 4.74 Å². The maximum absolute atomic E-state index is 13.0. The van der Waals surface area contributed by atoms with E-state index in [1.54, 1.807) is 34.9 Å². The van der Waals surface area contributed by atoms with Crippen molar-refractivity contribution in [1.29, 1.82) is 0 Å². The van der Waals surface area contributed by atoms with Crippen molar-refractivity contribution in [3.63, 3.8) is 0 Å². The van der Waals surface area contributed by atoms with Crippen LogP contribution in [0.5, 0.6) is 0 Å². The van der Waals surface area contributed by atoms with E-state index < -0.39 is 10.0 Å². The molecule has 0 bridgehead atoms. The van der Waals surface area contributed by atoms with Crippen molar-refractivity contribution in [2.45, 2.75) is 43.2 Å². The number of para-hydroxylation sites is 1. The molecule has 1 aromatic heterocycles. The SMILES string of the molecule is O=C(CCc1nc2ccccc2c(=O)n1C1CC1)NCc1ccc(S(=O)(=O)N2CCOCC2)cc1. The molecule has 2 aliphatic rings. The number of nitrogens with zero attached hydrogens (tertiary/aromatic N) is 3. The highest BCUT2D eigenvalue weighted by atomic mass is 32.2. The third-order valence-corrected chi connectivity index (χ3v) is 8.30. The molecule has 0 atom stereocenters. The maximum atomic E-state index is 13.0. The van der Waals surface area contributed by atoms with Crippen LogP contribution in [0.4, 0.5) is 0 Å². The van der Waals surface area contributed by atoms with E-state index in [0.29, 0.717) is 49.5 Å². The number of amides is 1. The van der Waals surface area contributed by atoms with Crippen LogP contribution in [-0.4, -0.2) is 54.5 Å². The Balaban J connectivity index is 1.20. The van der Waals surface area contributed by atoms with Crippen molar-refractivity contribution in [2.24, 2.45) is 0 Å². The molecule has 5 rings (SSSR count). The molecule has 1 aliphatic carbocycles. The Morgan fingerprint density at radius 3 is 2.49 bits per heavy atom. The smallest absolute Gasteiger partial charge is 0.261 e. The first kappa shape index (κ1) is 23.7. The summed E-state index contributed by atoms with van der Waals surface area (Å²) >= 11 is 0. The summed E-state index contributed by atoms with van der Waals surface area (Å²) in [7, 11) is -3.54. The minimum absolute atomic E-state index is 0.0411. The Kier molecular flexibility index (Phi) is 6.68. The lowest BCUT2D eigenvalue weighted by atomic mass is 10.2. The lowest BCUT2D eigenvalue weighted by Gasteiger charge is -2.26. The molecule has 1 amide bonds. The van der Waals surface area contributed by atoms with Gasteiger partial charge in [-0.05, 0) is 42.7 Å². The second-order valence-electron chi connectivity index (χ2n) is 8.89. The Bertz CT molecular complexity index is 1390. The summed E-state index contributed by atoms with van der Waals surface area (Å²) in [5.41, 5.74) is 1.41. The molecule has 2 fully saturated rings. The van der Waals surface area contributed by atoms with Crippen molar-refractivity contribution in [2.75, 3.05) is 26.3 Å². The lowest BCUT2D eigenvalue weighted by molar-refractivity contribution is -0.121. The van der Waals surface area contributed by atoms with Gasteiger partial charge in [0.25, 0.3) is 5.56 Å². The Labute approximate surface area is 203 Å². The number of rotatable bonds is 8. The third kappa shape index (κ3) is 5.14. The summed E-state index contributed by atoms with van der Waals surface area (Å²) in [6, 6.07) is 14.0. The zero-order valence-electron chi connectivity index (χ0n) is 19.4. The average molecular weight is 497 g/mol. The number of ether oxygens (including phenoxy) is 1. The molecule has 2 aromatic carbocycles. The fourth-order valence-corrected chi connectivity index (χ4v) is 5.72. The molecule has 10 heteroatoms. The van der Waals surface area contributed by atoms with Gasteiger partial charge in [0.1, 0.15) is 5.82 Å². The average Bonchev–Trinajstić information content (AvgIpc) is 3.72. The quantitative estimate of drug-likeness (QED) is 0.511. The van der Waals surface area contributed by atoms with Crippen LogP contribution in [0.25, 0.3) is 10.9 Å². The molecule has 9 nitrogen and oxygen atoms in total. The zero-order chi connectivity index (χ0) is 24.4. The number of sulfonamides is 1. The predicted octanol–water partition coefficient (Wildman–Crippen LogP) is 2.00. The largest absolute Gasteiger partial charge is 0.379 e. The molecule has 2 heterocycles. The number of benzene rings is 2. The highest BCUT2D eigenvalue weighted by Gasteiger charge is 2.28. The van der Waals surface area contributed by atoms with Gasteiger partial charge in [0.2, 0.25) is 15.9 Å². The molecule has 1 saturated heterocycles. The highest BCUT2D eigenvalue weighted by Crippen LogP contribution is 2.34. The standard InChI is InChI=1S/C25H28N4O5S/c30-24(12-11-23-27-22-4-2-1-3-21(22)25(31)29(23)19-7-8-19)26-17-18-5-9-20(10-6-18)35(32,33)28-13-15-34-16-14-28/h1-6,9-10,19H,7-8,11-17H2,(H,26,30). The predicted molar refractivity (Wildman–Crippen MR) is 130 cm³/mol. The number of nitrogens with one attached hydrogen (secondary N) is 1. The van der Waals surface area contributed by atoms with Crippen LogP contribution >= 0.6 is 0 Å². The number of morpholine rings is 1. The number of carbonyl (C=O) groups excluding carboxylic acids is 1. The van der Waals surface area contributed by atoms with Gasteiger partial charge < -0.3 is 10.1 Å². The first-order valence-corrected chi connectivity index (χ1v) is 13.3. The van der Waals surface area contributed by atoms with Crippen LogP contribution in [0, 0.1) is 0 Å². The van der Waals surface area contributed by atoms with Gasteiger partial charge in [-0.2, -0.15) is 4.31 Å². The number of carbonyl (C=O) groups is 1. The molecular formula is C25H28N4O5S. The third-order valence-electron chi connectivity index (χ3n) is 6.39. The van der Waals surface area contributed by atoms with Crippen molar-refractivity contribution in [3.8, 4) is 0 Å². The molecule has 0 unspecified atom stereocenters. The van der Waals surface area contributed by atoms with E-state index in [-0.39, 0.29) is 35.4 Å². The van der Waals surface area contributed by atoms with Gasteiger partial charge in [-0.25, -0.2) is 13.4 Å². The van der Waals surface area contributed by atoms with Gasteiger partial charge in [-0.1, -0.05) is 24.3 Å². The maximum Gasteiger partial charge on any atom is 0.261 e. The molecule has 0 spiro atoms. The van der Waals surface area contributed by atoms with Crippen LogP contribution < -0.4 is 10.9 Å². The molecular weight excluding hydrogens is 468 g/mol. The van der Waals surface area contributed by atoms with Crippen LogP contribution in [0.1, 0.15) is 36.7 Å². The second kappa shape index (κ2) is 9.88. The topological polar surface area (TPSA) is 111 Å². The van der Waals surface area contributed by atoms with Gasteiger partial charge in [-0.15, -0.1) is 0 Å². The van der Waals surface area contributed by atoms with Gasteiger partial charge >= 0.3 is 0 Å². The van der Waals surface area contributed by atoms with Gasteiger partial charge in [0.15, 0.2) is 0 Å². The van der Waals surface area contributed by atoms with Gasteiger partial charge in [0, 0.05) is 38.5 Å². The van der Waals surface area contributed by atoms with E-state index in [1.165, 1.54) is 4.31 Å². The monoisotopic (exact) mass is 496 g/mol. The molecule has 1 saturated carbocycles. The van der Waals surface area contributed by atoms with Crippen LogP contribution in [-0.2, 0) is 32.5 Å². The summed E-state index contributed by atoms with van der Waals surface area (Å²) in [6.45, 7) is 1.78. The summed E-state index contributed by atoms with van der Waals surface area (Å²) in [4.78, 5) is 30.4. The van der Waals surface area contributed by atoms with Crippen LogP contribution in [0.3, 0.4) is 0 Å². The minimum Gasteiger partial charge on any atom is -0.379 e. The van der Waals surface area contributed by atoms with E-state index in [1.807, 2.05) is 18.2 Å². The van der Waals surface area contributed by atoms with Crippen molar-refractivity contribution < 1.29 is 17.9 Å². The van der Waals surface area contributed by atoms with E-state index in [0.717, 1.165) is 18.4 Å². The van der Waals surface area contributed by atoms with Crippen LogP contribution in [0.15, 0.2) is 58.2 Å². The Morgan fingerprint density at radius 2 is 1.77 bits per heavy atom. The number of aryl methyl sites for hydroxylation is 1. The van der Waals surface area contributed by atoms with E-state index in [9.17, 15) is 18.0 Å². The van der Waals surface area contributed by atoms with E-state index >= 15 is 0 Å². The summed E-state index contributed by atoms with van der Waals surface area (Å²) in [6.07, 6.45) is 2.49. The molecule has 1 aliphatic heterocycles. The van der Waals surface area contributed by atoms with Gasteiger partial charge in [0.05, 0.1) is 29.0 Å². The fraction of sp³-hybridized carbons (Fsp3) is 0.400. The van der Waals surface area contributed by atoms with Crippen molar-refractivity contribution in [3.05, 3.63) is 70.3 Å². The number of hydrogen-bond donors (Lipinski definition) is 1. The van der Waals surface area contributed by atoms with Gasteiger partial charge in [-0.3, -0.25) is 14.2 Å². The first-order valence-electron chi connectivity index (χ1n) is 11.9. The molecule has 1 N–H and O–H groups in total. The molecule has 35 heavy (non-hydrogen) atoms. The Hall–Kier alpha value is -3.08. The van der Waals surface area contributed by atoms with Crippen LogP contribution in [0.2, 0.25) is 0 Å². The fourth-order valence-electron chi connectivity index (χ4n) is 4.31. The first-order chi connectivity index (χ1) is 16.9. The molecule has 3 aromatic rings. The summed E-state index contributed by atoms with van der Waals surface area (Å²) < 4.78 is 33.9. The molecule has 184 valence electrons. The number of hydrogen-bond acceptors (Lipinski definition) is 6. The normalized spacial score (nSPS) is 16.9.